The number of piperazine rings is 1. The molecule has 0 unspecified atom stereocenters. The molecule has 4 rings (SSSR count). The minimum atomic E-state index is -3.44. The van der Waals surface area contributed by atoms with Crippen LogP contribution in [0.3, 0.4) is 0 Å². The van der Waals surface area contributed by atoms with Crippen LogP contribution >= 0.6 is 11.3 Å². The highest BCUT2D eigenvalue weighted by molar-refractivity contribution is 7.90. The third-order valence-corrected chi connectivity index (χ3v) is 7.16. The van der Waals surface area contributed by atoms with Crippen molar-refractivity contribution in [3.63, 3.8) is 0 Å². The van der Waals surface area contributed by atoms with E-state index in [0.717, 1.165) is 11.9 Å². The van der Waals surface area contributed by atoms with E-state index in [2.05, 4.69) is 16.0 Å². The second-order valence-corrected chi connectivity index (χ2v) is 10.2. The summed E-state index contributed by atoms with van der Waals surface area (Å²) in [5, 5.41) is 11.5. The molecular weight excluding hydrogens is 432 g/mol. The Morgan fingerprint density at radius 2 is 1.81 bits per heavy atom. The zero-order chi connectivity index (χ0) is 22.0. The van der Waals surface area contributed by atoms with Crippen molar-refractivity contribution < 1.29 is 13.2 Å². The van der Waals surface area contributed by atoms with Crippen molar-refractivity contribution in [2.75, 3.05) is 37.3 Å². The lowest BCUT2D eigenvalue weighted by Crippen LogP contribution is -2.48. The molecule has 0 spiro atoms. The molecule has 1 fully saturated rings. The van der Waals surface area contributed by atoms with Crippen LogP contribution < -0.4 is 4.90 Å². The van der Waals surface area contributed by atoms with Crippen LogP contribution in [0.2, 0.25) is 0 Å². The Kier molecular flexibility index (Phi) is 5.76. The van der Waals surface area contributed by atoms with Gasteiger partial charge in [-0.05, 0) is 42.5 Å². The van der Waals surface area contributed by atoms with Gasteiger partial charge in [-0.25, -0.2) is 13.4 Å². The molecule has 1 aliphatic heterocycles. The Morgan fingerprint density at radius 1 is 1.10 bits per heavy atom. The lowest BCUT2D eigenvalue weighted by molar-refractivity contribution is 0.0747. The number of rotatable bonds is 4. The zero-order valence-electron chi connectivity index (χ0n) is 16.9. The lowest BCUT2D eigenvalue weighted by atomic mass is 10.1. The van der Waals surface area contributed by atoms with Crippen molar-refractivity contribution in [1.29, 1.82) is 5.26 Å². The van der Waals surface area contributed by atoms with Gasteiger partial charge in [-0.1, -0.05) is 0 Å². The SMILES string of the molecule is CS(=O)(=O)c1ccc(-c2nccs2)c(C(=O)N2CCN(c3ccc(C#N)cc3)CC2)c1. The van der Waals surface area contributed by atoms with Crippen molar-refractivity contribution in [3.8, 4) is 16.6 Å². The van der Waals surface area contributed by atoms with Gasteiger partial charge in [-0.3, -0.25) is 4.79 Å². The van der Waals surface area contributed by atoms with Gasteiger partial charge in [0, 0.05) is 55.3 Å². The van der Waals surface area contributed by atoms with Crippen molar-refractivity contribution >= 4 is 32.8 Å². The number of amides is 1. The smallest absolute Gasteiger partial charge is 0.254 e. The summed E-state index contributed by atoms with van der Waals surface area (Å²) < 4.78 is 24.1. The first kappa shape index (κ1) is 21.0. The fourth-order valence-corrected chi connectivity index (χ4v) is 4.88. The van der Waals surface area contributed by atoms with Gasteiger partial charge in [0.05, 0.1) is 22.1 Å². The van der Waals surface area contributed by atoms with E-state index in [0.29, 0.717) is 47.9 Å². The van der Waals surface area contributed by atoms with Crippen LogP contribution in [0.4, 0.5) is 5.69 Å². The molecule has 1 aliphatic rings. The summed E-state index contributed by atoms with van der Waals surface area (Å²) in [7, 11) is -3.44. The molecule has 158 valence electrons. The van der Waals surface area contributed by atoms with Crippen LogP contribution in [0.1, 0.15) is 15.9 Å². The van der Waals surface area contributed by atoms with Gasteiger partial charge in [0.15, 0.2) is 9.84 Å². The average molecular weight is 453 g/mol. The van der Waals surface area contributed by atoms with Crippen molar-refractivity contribution in [2.45, 2.75) is 4.90 Å². The molecule has 3 aromatic rings. The second-order valence-electron chi connectivity index (χ2n) is 7.25. The number of nitrogens with zero attached hydrogens (tertiary/aromatic N) is 4. The minimum absolute atomic E-state index is 0.118. The molecule has 0 radical (unpaired) electrons. The molecule has 0 atom stereocenters. The minimum Gasteiger partial charge on any atom is -0.368 e. The standard InChI is InChI=1S/C22H20N4O3S2/c1-31(28,29)18-6-7-19(21-24-8-13-30-21)20(14-18)22(27)26-11-9-25(10-12-26)17-4-2-16(15-23)3-5-17/h2-8,13-14H,9-12H2,1H3. The average Bonchev–Trinajstić information content (AvgIpc) is 3.32. The number of sulfone groups is 1. The number of hydrogen-bond acceptors (Lipinski definition) is 7. The molecule has 7 nitrogen and oxygen atoms in total. The molecule has 31 heavy (non-hydrogen) atoms. The molecule has 1 aromatic heterocycles. The second kappa shape index (κ2) is 8.49. The summed E-state index contributed by atoms with van der Waals surface area (Å²) in [6, 6.07) is 14.1. The first-order valence-corrected chi connectivity index (χ1v) is 12.4. The van der Waals surface area contributed by atoms with Crippen LogP contribution in [-0.4, -0.2) is 56.6 Å². The summed E-state index contributed by atoms with van der Waals surface area (Å²) in [4.78, 5) is 21.7. The molecular formula is C22H20N4O3S2. The van der Waals surface area contributed by atoms with E-state index < -0.39 is 9.84 Å². The highest BCUT2D eigenvalue weighted by Gasteiger charge is 2.26. The molecule has 1 saturated heterocycles. The van der Waals surface area contributed by atoms with Crippen molar-refractivity contribution in [1.82, 2.24) is 9.88 Å². The van der Waals surface area contributed by atoms with Gasteiger partial charge in [-0.2, -0.15) is 5.26 Å². The largest absolute Gasteiger partial charge is 0.368 e. The first-order chi connectivity index (χ1) is 14.9. The molecule has 2 heterocycles. The van der Waals surface area contributed by atoms with Crippen molar-refractivity contribution in [2.24, 2.45) is 0 Å². The van der Waals surface area contributed by atoms with Crippen LogP contribution in [0.15, 0.2) is 58.9 Å². The van der Waals surface area contributed by atoms with Gasteiger partial charge < -0.3 is 9.80 Å². The quantitative estimate of drug-likeness (QED) is 0.604. The first-order valence-electron chi connectivity index (χ1n) is 9.65. The molecule has 9 heteroatoms. The van der Waals surface area contributed by atoms with Crippen molar-refractivity contribution in [3.05, 3.63) is 65.2 Å². The Balaban J connectivity index is 1.57. The van der Waals surface area contributed by atoms with E-state index in [1.807, 2.05) is 17.5 Å². The topological polar surface area (TPSA) is 94.4 Å². The van der Waals surface area contributed by atoms with Crippen LogP contribution in [-0.2, 0) is 9.84 Å². The predicted octanol–water partition coefficient (Wildman–Crippen LogP) is 3.05. The van der Waals surface area contributed by atoms with Gasteiger partial charge >= 0.3 is 0 Å². The predicted molar refractivity (Wildman–Crippen MR) is 120 cm³/mol. The summed E-state index contributed by atoms with van der Waals surface area (Å²) in [5.41, 5.74) is 2.61. The lowest BCUT2D eigenvalue weighted by Gasteiger charge is -2.36. The molecule has 0 aliphatic carbocycles. The molecule has 0 bridgehead atoms. The number of hydrogen-bond donors (Lipinski definition) is 0. The maximum atomic E-state index is 13.4. The van der Waals surface area contributed by atoms with Crippen LogP contribution in [0, 0.1) is 11.3 Å². The van der Waals surface area contributed by atoms with Crippen LogP contribution in [0.5, 0.6) is 0 Å². The number of anilines is 1. The van der Waals surface area contributed by atoms with E-state index in [1.165, 1.54) is 23.5 Å². The molecule has 2 aromatic carbocycles. The maximum Gasteiger partial charge on any atom is 0.254 e. The van der Waals surface area contributed by atoms with E-state index in [-0.39, 0.29) is 10.8 Å². The number of carbonyl (C=O) groups is 1. The Labute approximate surface area is 185 Å². The number of benzene rings is 2. The summed E-state index contributed by atoms with van der Waals surface area (Å²) in [6.45, 7) is 2.32. The van der Waals surface area contributed by atoms with Crippen LogP contribution in [0.25, 0.3) is 10.6 Å². The number of carbonyl (C=O) groups excluding carboxylic acids is 1. The van der Waals surface area contributed by atoms with Gasteiger partial charge in [0.1, 0.15) is 5.01 Å². The van der Waals surface area contributed by atoms with Gasteiger partial charge in [0.25, 0.3) is 5.91 Å². The third-order valence-electron chi connectivity index (χ3n) is 5.24. The Hall–Kier alpha value is -3.22. The monoisotopic (exact) mass is 452 g/mol. The molecule has 1 amide bonds. The van der Waals surface area contributed by atoms with Gasteiger partial charge in [-0.15, -0.1) is 11.3 Å². The normalized spacial score (nSPS) is 14.3. The maximum absolute atomic E-state index is 13.4. The number of aromatic nitrogens is 1. The Morgan fingerprint density at radius 3 is 2.39 bits per heavy atom. The number of nitriles is 1. The highest BCUT2D eigenvalue weighted by Crippen LogP contribution is 2.29. The summed E-state index contributed by atoms with van der Waals surface area (Å²) >= 11 is 1.41. The Bertz CT molecular complexity index is 1240. The highest BCUT2D eigenvalue weighted by atomic mass is 32.2. The zero-order valence-corrected chi connectivity index (χ0v) is 18.5. The van der Waals surface area contributed by atoms with E-state index >= 15 is 0 Å². The third kappa shape index (κ3) is 4.45. The summed E-state index contributed by atoms with van der Waals surface area (Å²) in [5.74, 6) is -0.199. The van der Waals surface area contributed by atoms with E-state index in [9.17, 15) is 13.2 Å². The molecule has 0 saturated carbocycles. The molecule has 0 N–H and O–H groups in total. The van der Waals surface area contributed by atoms with E-state index in [1.54, 1.807) is 29.3 Å². The van der Waals surface area contributed by atoms with E-state index in [4.69, 9.17) is 5.26 Å². The van der Waals surface area contributed by atoms with Gasteiger partial charge in [0.2, 0.25) is 0 Å². The fraction of sp³-hybridized carbons (Fsp3) is 0.227. The number of thiazole rings is 1. The summed E-state index contributed by atoms with van der Waals surface area (Å²) in [6.07, 6.45) is 2.80. The fourth-order valence-electron chi connectivity index (χ4n) is 3.56.